The normalized spacial score (nSPS) is 17.4. The maximum absolute atomic E-state index is 12.8. The molecule has 1 fully saturated rings. The lowest BCUT2D eigenvalue weighted by Crippen LogP contribution is -2.61. The first-order chi connectivity index (χ1) is 11.4. The number of hydrogen-bond acceptors (Lipinski definition) is 4. The van der Waals surface area contributed by atoms with Crippen LogP contribution in [-0.4, -0.2) is 79.3 Å². The standard InChI is InChI=1S/C17H23N3O4/c1-12(21)20-10-9-19(11-14(20)17(23)18(2)3)16(22)13-7-5-6-8-15(13)24-4/h5-8,14H,9-11H2,1-4H3/t14-/m0/s1. The van der Waals surface area contributed by atoms with E-state index in [-0.39, 0.29) is 24.3 Å². The average Bonchev–Trinajstić information content (AvgIpc) is 2.59. The Bertz CT molecular complexity index is 644. The zero-order chi connectivity index (χ0) is 17.9. The topological polar surface area (TPSA) is 70.2 Å². The summed E-state index contributed by atoms with van der Waals surface area (Å²) in [4.78, 5) is 41.6. The number of rotatable bonds is 3. The highest BCUT2D eigenvalue weighted by atomic mass is 16.5. The van der Waals surface area contributed by atoms with Crippen molar-refractivity contribution in [3.8, 4) is 5.75 Å². The number of nitrogens with zero attached hydrogens (tertiary/aromatic N) is 3. The van der Waals surface area contributed by atoms with Crippen molar-refractivity contribution in [1.82, 2.24) is 14.7 Å². The molecule has 24 heavy (non-hydrogen) atoms. The third kappa shape index (κ3) is 3.50. The predicted octanol–water partition coefficient (Wildman–Crippen LogP) is 0.456. The summed E-state index contributed by atoms with van der Waals surface area (Å²) >= 11 is 0. The highest BCUT2D eigenvalue weighted by molar-refractivity contribution is 5.98. The summed E-state index contributed by atoms with van der Waals surface area (Å²) < 4.78 is 5.24. The first kappa shape index (κ1) is 17.8. The van der Waals surface area contributed by atoms with Gasteiger partial charge in [-0.05, 0) is 12.1 Å². The Morgan fingerprint density at radius 3 is 2.42 bits per heavy atom. The van der Waals surface area contributed by atoms with Crippen molar-refractivity contribution in [3.05, 3.63) is 29.8 Å². The summed E-state index contributed by atoms with van der Waals surface area (Å²) in [5.41, 5.74) is 0.451. The van der Waals surface area contributed by atoms with Crippen LogP contribution in [0.25, 0.3) is 0 Å². The van der Waals surface area contributed by atoms with E-state index in [4.69, 9.17) is 4.74 Å². The smallest absolute Gasteiger partial charge is 0.257 e. The SMILES string of the molecule is COc1ccccc1C(=O)N1CCN(C(C)=O)[C@H](C(=O)N(C)C)C1. The molecule has 0 N–H and O–H groups in total. The largest absolute Gasteiger partial charge is 0.496 e. The number of benzene rings is 1. The molecule has 0 aliphatic carbocycles. The van der Waals surface area contributed by atoms with Crippen LogP contribution in [0, 0.1) is 0 Å². The van der Waals surface area contributed by atoms with Crippen LogP contribution in [0.4, 0.5) is 0 Å². The van der Waals surface area contributed by atoms with Crippen molar-refractivity contribution in [2.45, 2.75) is 13.0 Å². The fraction of sp³-hybridized carbons (Fsp3) is 0.471. The van der Waals surface area contributed by atoms with Gasteiger partial charge in [-0.2, -0.15) is 0 Å². The van der Waals surface area contributed by atoms with Gasteiger partial charge in [0.05, 0.1) is 19.2 Å². The minimum atomic E-state index is -0.662. The van der Waals surface area contributed by atoms with Crippen LogP contribution in [0.15, 0.2) is 24.3 Å². The van der Waals surface area contributed by atoms with E-state index in [1.54, 1.807) is 43.3 Å². The summed E-state index contributed by atoms with van der Waals surface area (Å²) in [5.74, 6) is -0.0680. The van der Waals surface area contributed by atoms with Gasteiger partial charge in [0, 0.05) is 34.1 Å². The molecule has 0 spiro atoms. The number of piperazine rings is 1. The van der Waals surface area contributed by atoms with Crippen molar-refractivity contribution >= 4 is 17.7 Å². The Kier molecular flexibility index (Phi) is 5.43. The second-order valence-electron chi connectivity index (χ2n) is 5.91. The van der Waals surface area contributed by atoms with Crippen molar-refractivity contribution in [3.63, 3.8) is 0 Å². The van der Waals surface area contributed by atoms with Gasteiger partial charge < -0.3 is 19.4 Å². The highest BCUT2D eigenvalue weighted by Crippen LogP contribution is 2.21. The quantitative estimate of drug-likeness (QED) is 0.806. The average molecular weight is 333 g/mol. The summed E-state index contributed by atoms with van der Waals surface area (Å²) in [5, 5.41) is 0. The van der Waals surface area contributed by atoms with E-state index in [0.29, 0.717) is 24.4 Å². The molecule has 2 rings (SSSR count). The molecule has 0 aromatic heterocycles. The Morgan fingerprint density at radius 1 is 1.17 bits per heavy atom. The molecule has 1 heterocycles. The third-order valence-electron chi connectivity index (χ3n) is 4.14. The van der Waals surface area contributed by atoms with Gasteiger partial charge in [-0.3, -0.25) is 14.4 Å². The molecular weight excluding hydrogens is 310 g/mol. The maximum Gasteiger partial charge on any atom is 0.257 e. The minimum Gasteiger partial charge on any atom is -0.496 e. The molecule has 1 aliphatic rings. The molecule has 130 valence electrons. The second-order valence-corrected chi connectivity index (χ2v) is 5.91. The van der Waals surface area contributed by atoms with E-state index in [0.717, 1.165) is 0 Å². The van der Waals surface area contributed by atoms with Crippen molar-refractivity contribution in [2.24, 2.45) is 0 Å². The van der Waals surface area contributed by atoms with Crippen molar-refractivity contribution in [1.29, 1.82) is 0 Å². The Morgan fingerprint density at radius 2 is 1.83 bits per heavy atom. The highest BCUT2D eigenvalue weighted by Gasteiger charge is 2.37. The van der Waals surface area contributed by atoms with Crippen LogP contribution in [-0.2, 0) is 9.59 Å². The Hall–Kier alpha value is -2.57. The van der Waals surface area contributed by atoms with Crippen LogP contribution in [0.1, 0.15) is 17.3 Å². The van der Waals surface area contributed by atoms with Crippen LogP contribution in [0.3, 0.4) is 0 Å². The molecule has 0 saturated carbocycles. The fourth-order valence-corrected chi connectivity index (χ4v) is 2.85. The molecule has 7 heteroatoms. The van der Waals surface area contributed by atoms with Crippen molar-refractivity contribution < 1.29 is 19.1 Å². The van der Waals surface area contributed by atoms with E-state index in [1.165, 1.54) is 23.8 Å². The zero-order valence-corrected chi connectivity index (χ0v) is 14.5. The molecule has 1 aliphatic heterocycles. The zero-order valence-electron chi connectivity index (χ0n) is 14.5. The van der Waals surface area contributed by atoms with E-state index in [9.17, 15) is 14.4 Å². The molecule has 1 saturated heterocycles. The Labute approximate surface area is 141 Å². The van der Waals surface area contributed by atoms with Crippen LogP contribution < -0.4 is 4.74 Å². The van der Waals surface area contributed by atoms with E-state index in [2.05, 4.69) is 0 Å². The summed E-state index contributed by atoms with van der Waals surface area (Å²) in [6.45, 7) is 2.33. The lowest BCUT2D eigenvalue weighted by atomic mass is 10.1. The number of amides is 3. The molecule has 1 atom stereocenters. The number of likely N-dealkylation sites (N-methyl/N-ethyl adjacent to an activating group) is 1. The summed E-state index contributed by atoms with van der Waals surface area (Å²) in [6, 6.07) is 6.32. The van der Waals surface area contributed by atoms with Crippen LogP contribution in [0.5, 0.6) is 5.75 Å². The molecule has 3 amide bonds. The molecule has 0 bridgehead atoms. The van der Waals surface area contributed by atoms with Gasteiger partial charge in [0.15, 0.2) is 0 Å². The number of ether oxygens (including phenoxy) is 1. The van der Waals surface area contributed by atoms with Gasteiger partial charge >= 0.3 is 0 Å². The van der Waals surface area contributed by atoms with Crippen LogP contribution in [0.2, 0.25) is 0 Å². The first-order valence-corrected chi connectivity index (χ1v) is 7.77. The third-order valence-corrected chi connectivity index (χ3v) is 4.14. The first-order valence-electron chi connectivity index (χ1n) is 7.77. The number of carbonyl (C=O) groups excluding carboxylic acids is 3. The van der Waals surface area contributed by atoms with E-state index >= 15 is 0 Å². The second kappa shape index (κ2) is 7.33. The van der Waals surface area contributed by atoms with Crippen LogP contribution >= 0.6 is 0 Å². The lowest BCUT2D eigenvalue weighted by molar-refractivity contribution is -0.146. The summed E-state index contributed by atoms with van der Waals surface area (Å²) in [7, 11) is 4.79. The fourth-order valence-electron chi connectivity index (χ4n) is 2.85. The summed E-state index contributed by atoms with van der Waals surface area (Å²) in [6.07, 6.45) is 0. The van der Waals surface area contributed by atoms with E-state index in [1.807, 2.05) is 0 Å². The van der Waals surface area contributed by atoms with Gasteiger partial charge in [-0.15, -0.1) is 0 Å². The van der Waals surface area contributed by atoms with Crippen molar-refractivity contribution in [2.75, 3.05) is 40.8 Å². The van der Waals surface area contributed by atoms with Gasteiger partial charge in [0.25, 0.3) is 5.91 Å². The molecule has 0 radical (unpaired) electrons. The molecular formula is C17H23N3O4. The minimum absolute atomic E-state index is 0.167. The van der Waals surface area contributed by atoms with Gasteiger partial charge in [-0.1, -0.05) is 12.1 Å². The number of para-hydroxylation sites is 1. The van der Waals surface area contributed by atoms with E-state index < -0.39 is 6.04 Å². The van der Waals surface area contributed by atoms with Gasteiger partial charge in [0.1, 0.15) is 11.8 Å². The Balaban J connectivity index is 2.25. The monoisotopic (exact) mass is 333 g/mol. The molecule has 1 aromatic rings. The lowest BCUT2D eigenvalue weighted by Gasteiger charge is -2.41. The number of methoxy groups -OCH3 is 1. The number of carbonyl (C=O) groups is 3. The van der Waals surface area contributed by atoms with Gasteiger partial charge in [-0.25, -0.2) is 0 Å². The number of hydrogen-bond donors (Lipinski definition) is 0. The van der Waals surface area contributed by atoms with Gasteiger partial charge in [0.2, 0.25) is 11.8 Å². The molecule has 1 aromatic carbocycles. The molecule has 0 unspecified atom stereocenters. The maximum atomic E-state index is 12.8. The predicted molar refractivity (Wildman–Crippen MR) is 88.8 cm³/mol. The molecule has 7 nitrogen and oxygen atoms in total.